The number of hydrogen-bond donors (Lipinski definition) is 0. The van der Waals surface area contributed by atoms with E-state index in [0.29, 0.717) is 43.2 Å². The van der Waals surface area contributed by atoms with Crippen LogP contribution in [0.3, 0.4) is 0 Å². The van der Waals surface area contributed by atoms with Crippen LogP contribution in [-0.4, -0.2) is 79.4 Å². The van der Waals surface area contributed by atoms with E-state index in [4.69, 9.17) is 16.3 Å². The number of amides is 2. The summed E-state index contributed by atoms with van der Waals surface area (Å²) in [5.74, 6) is 0.970. The van der Waals surface area contributed by atoms with Gasteiger partial charge in [-0.1, -0.05) is 17.7 Å². The molecule has 6 nitrogen and oxygen atoms in total. The predicted molar refractivity (Wildman–Crippen MR) is 114 cm³/mol. The molecule has 160 valence electrons. The average Bonchev–Trinajstić information content (AvgIpc) is 2.69. The fraction of sp³-hybridized carbons (Fsp3) is 0.636. The molecule has 2 amide bonds. The Morgan fingerprint density at radius 3 is 2.55 bits per heavy atom. The molecule has 0 aromatic heterocycles. The summed E-state index contributed by atoms with van der Waals surface area (Å²) in [7, 11) is 3.79. The number of carbonyl (C=O) groups is 2. The van der Waals surface area contributed by atoms with Crippen molar-refractivity contribution in [1.82, 2.24) is 14.7 Å². The average molecular weight is 422 g/mol. The molecule has 3 rings (SSSR count). The molecule has 0 N–H and O–H groups in total. The zero-order valence-corrected chi connectivity index (χ0v) is 18.2. The molecule has 7 heteroatoms. The van der Waals surface area contributed by atoms with Gasteiger partial charge in [-0.15, -0.1) is 0 Å². The molecule has 0 spiro atoms. The Morgan fingerprint density at radius 1 is 1.10 bits per heavy atom. The van der Waals surface area contributed by atoms with Crippen LogP contribution in [0, 0.1) is 5.92 Å². The van der Waals surface area contributed by atoms with Crippen molar-refractivity contribution in [2.24, 2.45) is 5.92 Å². The maximum Gasteiger partial charge on any atom is 0.236 e. The topological polar surface area (TPSA) is 53.1 Å². The van der Waals surface area contributed by atoms with Crippen LogP contribution < -0.4 is 4.74 Å². The Labute approximate surface area is 178 Å². The molecule has 0 unspecified atom stereocenters. The van der Waals surface area contributed by atoms with E-state index >= 15 is 0 Å². The van der Waals surface area contributed by atoms with Crippen LogP contribution >= 0.6 is 11.6 Å². The van der Waals surface area contributed by atoms with Crippen molar-refractivity contribution in [2.75, 3.05) is 46.8 Å². The van der Waals surface area contributed by atoms with E-state index in [-0.39, 0.29) is 23.8 Å². The van der Waals surface area contributed by atoms with Gasteiger partial charge in [0.05, 0.1) is 6.54 Å². The first-order valence-electron chi connectivity index (χ1n) is 10.5. The molecule has 2 fully saturated rings. The van der Waals surface area contributed by atoms with E-state index in [0.717, 1.165) is 25.9 Å². The van der Waals surface area contributed by atoms with E-state index in [9.17, 15) is 9.59 Å². The van der Waals surface area contributed by atoms with Crippen molar-refractivity contribution in [3.05, 3.63) is 29.3 Å². The number of likely N-dealkylation sites (N-methyl/N-ethyl adjacent to an activating group) is 1. The highest BCUT2D eigenvalue weighted by Gasteiger charge is 2.35. The molecule has 2 saturated heterocycles. The Kier molecular flexibility index (Phi) is 7.78. The number of ether oxygens (including phenoxy) is 1. The van der Waals surface area contributed by atoms with Crippen molar-refractivity contribution in [3.63, 3.8) is 0 Å². The van der Waals surface area contributed by atoms with Crippen molar-refractivity contribution in [2.45, 2.75) is 38.2 Å². The molecule has 1 aromatic rings. The molecule has 29 heavy (non-hydrogen) atoms. The van der Waals surface area contributed by atoms with Gasteiger partial charge in [-0.25, -0.2) is 0 Å². The number of halogens is 1. The summed E-state index contributed by atoms with van der Waals surface area (Å²) in [6.45, 7) is 3.26. The van der Waals surface area contributed by atoms with Gasteiger partial charge in [0.15, 0.2) is 0 Å². The summed E-state index contributed by atoms with van der Waals surface area (Å²) in [6, 6.07) is 7.36. The normalized spacial score (nSPS) is 22.6. The lowest BCUT2D eigenvalue weighted by Crippen LogP contribution is -2.51. The van der Waals surface area contributed by atoms with Gasteiger partial charge in [0.25, 0.3) is 0 Å². The zero-order chi connectivity index (χ0) is 20.8. The Bertz CT molecular complexity index is 706. The molecule has 2 aliphatic heterocycles. The smallest absolute Gasteiger partial charge is 0.236 e. The summed E-state index contributed by atoms with van der Waals surface area (Å²) in [5.41, 5.74) is 0. The van der Waals surface area contributed by atoms with Crippen molar-refractivity contribution in [3.8, 4) is 5.75 Å². The monoisotopic (exact) mass is 421 g/mol. The number of piperidine rings is 2. The van der Waals surface area contributed by atoms with Gasteiger partial charge in [0, 0.05) is 50.0 Å². The molecule has 0 saturated carbocycles. The van der Waals surface area contributed by atoms with Crippen LogP contribution in [-0.2, 0) is 9.59 Å². The lowest BCUT2D eigenvalue weighted by atomic mass is 9.90. The van der Waals surface area contributed by atoms with Gasteiger partial charge in [0.2, 0.25) is 11.8 Å². The summed E-state index contributed by atoms with van der Waals surface area (Å²) in [6.07, 6.45) is 4.37. The fourth-order valence-corrected chi connectivity index (χ4v) is 4.35. The number of hydrogen-bond acceptors (Lipinski definition) is 4. The third-order valence-electron chi connectivity index (χ3n) is 5.70. The second-order valence-corrected chi connectivity index (χ2v) is 8.82. The largest absolute Gasteiger partial charge is 0.490 e. The second kappa shape index (κ2) is 10.3. The summed E-state index contributed by atoms with van der Waals surface area (Å²) < 4.78 is 6.24. The van der Waals surface area contributed by atoms with E-state index in [1.165, 1.54) is 6.42 Å². The van der Waals surface area contributed by atoms with E-state index < -0.39 is 0 Å². The van der Waals surface area contributed by atoms with Crippen molar-refractivity contribution in [1.29, 1.82) is 0 Å². The van der Waals surface area contributed by atoms with Crippen molar-refractivity contribution >= 4 is 23.4 Å². The lowest BCUT2D eigenvalue weighted by Gasteiger charge is -2.39. The van der Waals surface area contributed by atoms with Crippen molar-refractivity contribution < 1.29 is 14.3 Å². The van der Waals surface area contributed by atoms with Gasteiger partial charge < -0.3 is 19.4 Å². The van der Waals surface area contributed by atoms with E-state index in [2.05, 4.69) is 0 Å². The van der Waals surface area contributed by atoms with Crippen LogP contribution in [0.25, 0.3) is 0 Å². The van der Waals surface area contributed by atoms with Gasteiger partial charge in [-0.2, -0.15) is 0 Å². The molecular formula is C22H32ClN3O3. The highest BCUT2D eigenvalue weighted by Crippen LogP contribution is 2.28. The van der Waals surface area contributed by atoms with Crippen LogP contribution in [0.4, 0.5) is 0 Å². The maximum atomic E-state index is 12.9. The second-order valence-electron chi connectivity index (χ2n) is 8.39. The fourth-order valence-electron chi connectivity index (χ4n) is 4.17. The van der Waals surface area contributed by atoms with Gasteiger partial charge >= 0.3 is 0 Å². The van der Waals surface area contributed by atoms with E-state index in [1.807, 2.05) is 47.0 Å². The standard InChI is InChI=1S/C22H32ClN3O3/c1-24(2)16-22(28)26-12-9-20(29-19-8-6-7-18(23)14-19)17(15-26)13-21(27)25-10-4-3-5-11-25/h6-8,14,17,20H,3-5,9-13,15-16H2,1-2H3/t17-,20-/m0/s1. The lowest BCUT2D eigenvalue weighted by molar-refractivity contribution is -0.140. The Balaban J connectivity index is 1.69. The minimum Gasteiger partial charge on any atom is -0.490 e. The highest BCUT2D eigenvalue weighted by molar-refractivity contribution is 6.30. The molecule has 0 bridgehead atoms. The molecule has 2 aliphatic rings. The molecule has 1 aromatic carbocycles. The third-order valence-corrected chi connectivity index (χ3v) is 5.93. The minimum atomic E-state index is -0.106. The first-order valence-corrected chi connectivity index (χ1v) is 10.9. The maximum absolute atomic E-state index is 12.9. The number of likely N-dealkylation sites (tertiary alicyclic amines) is 2. The van der Waals surface area contributed by atoms with E-state index in [1.54, 1.807) is 6.07 Å². The predicted octanol–water partition coefficient (Wildman–Crippen LogP) is 2.90. The first-order chi connectivity index (χ1) is 13.9. The van der Waals surface area contributed by atoms with Crippen LogP contribution in [0.15, 0.2) is 24.3 Å². The Hall–Kier alpha value is -1.79. The molecule has 2 heterocycles. The first kappa shape index (κ1) is 21.9. The highest BCUT2D eigenvalue weighted by atomic mass is 35.5. The number of rotatable bonds is 6. The van der Waals surface area contributed by atoms with Gasteiger partial charge in [-0.3, -0.25) is 9.59 Å². The number of benzene rings is 1. The summed E-state index contributed by atoms with van der Waals surface area (Å²) >= 11 is 6.10. The zero-order valence-electron chi connectivity index (χ0n) is 17.5. The number of nitrogens with zero attached hydrogens (tertiary/aromatic N) is 3. The van der Waals surface area contributed by atoms with Crippen LogP contribution in [0.5, 0.6) is 5.75 Å². The summed E-state index contributed by atoms with van der Waals surface area (Å²) in [4.78, 5) is 31.2. The van der Waals surface area contributed by atoms with Gasteiger partial charge in [0.1, 0.15) is 11.9 Å². The van der Waals surface area contributed by atoms with Crippen LogP contribution in [0.1, 0.15) is 32.1 Å². The van der Waals surface area contributed by atoms with Gasteiger partial charge in [-0.05, 0) is 51.6 Å². The quantitative estimate of drug-likeness (QED) is 0.708. The minimum absolute atomic E-state index is 0.0247. The molecule has 0 aliphatic carbocycles. The molecule has 0 radical (unpaired) electrons. The molecular weight excluding hydrogens is 390 g/mol. The van der Waals surface area contributed by atoms with Crippen LogP contribution in [0.2, 0.25) is 5.02 Å². The molecule has 2 atom stereocenters. The SMILES string of the molecule is CN(C)CC(=O)N1CC[C@H](Oc2cccc(Cl)c2)[C@@H](CC(=O)N2CCCCC2)C1. The number of carbonyl (C=O) groups excluding carboxylic acids is 2. The third kappa shape index (κ3) is 6.34. The summed E-state index contributed by atoms with van der Waals surface area (Å²) in [5, 5.41) is 0.627. The Morgan fingerprint density at radius 2 is 1.86 bits per heavy atom.